The number of carbonyl (C=O) groups excluding carboxylic acids is 1. The molecule has 1 amide bonds. The first-order valence-corrected chi connectivity index (χ1v) is 5.61. The summed E-state index contributed by atoms with van der Waals surface area (Å²) in [4.78, 5) is 11.8. The fourth-order valence-electron chi connectivity index (χ4n) is 1.52. The molecule has 5 nitrogen and oxygen atoms in total. The number of hydrogen-bond acceptors (Lipinski definition) is 4. The largest absolute Gasteiger partial charge is 0.330 e. The van der Waals surface area contributed by atoms with Gasteiger partial charge in [-0.2, -0.15) is 10.5 Å². The Kier molecular flexibility index (Phi) is 4.86. The molecule has 1 rings (SSSR count). The summed E-state index contributed by atoms with van der Waals surface area (Å²) in [5.74, 6) is -0.417. The van der Waals surface area contributed by atoms with Crippen LogP contribution < -0.4 is 11.1 Å². The highest BCUT2D eigenvalue weighted by Crippen LogP contribution is 2.16. The molecule has 0 saturated carbocycles. The van der Waals surface area contributed by atoms with E-state index in [0.717, 1.165) is 0 Å². The van der Waals surface area contributed by atoms with Crippen molar-refractivity contribution in [2.45, 2.75) is 13.3 Å². The van der Waals surface area contributed by atoms with E-state index in [1.165, 1.54) is 12.1 Å². The van der Waals surface area contributed by atoms with Crippen LogP contribution in [0.25, 0.3) is 0 Å². The van der Waals surface area contributed by atoms with Gasteiger partial charge >= 0.3 is 0 Å². The molecule has 0 fully saturated rings. The number of nitrogens with two attached hydrogens (primary N) is 1. The summed E-state index contributed by atoms with van der Waals surface area (Å²) in [6.07, 6.45) is 0.656. The molecule has 0 heterocycles. The van der Waals surface area contributed by atoms with Crippen LogP contribution in [-0.2, 0) is 4.79 Å². The molecule has 0 aliphatic rings. The monoisotopic (exact) mass is 242 g/mol. The highest BCUT2D eigenvalue weighted by molar-refractivity contribution is 5.92. The summed E-state index contributed by atoms with van der Waals surface area (Å²) in [5.41, 5.74) is 6.52. The van der Waals surface area contributed by atoms with E-state index < -0.39 is 0 Å². The van der Waals surface area contributed by atoms with E-state index in [0.29, 0.717) is 17.7 Å². The maximum atomic E-state index is 11.8. The molecular weight excluding hydrogens is 228 g/mol. The maximum absolute atomic E-state index is 11.8. The molecule has 1 aromatic carbocycles. The van der Waals surface area contributed by atoms with E-state index in [1.807, 2.05) is 19.1 Å². The molecule has 3 N–H and O–H groups in total. The molecule has 0 aliphatic heterocycles. The van der Waals surface area contributed by atoms with Gasteiger partial charge < -0.3 is 11.1 Å². The Morgan fingerprint density at radius 2 is 2.06 bits per heavy atom. The highest BCUT2D eigenvalue weighted by Gasteiger charge is 2.15. The maximum Gasteiger partial charge on any atom is 0.228 e. The molecule has 5 heteroatoms. The number of anilines is 1. The van der Waals surface area contributed by atoms with Crippen LogP contribution in [0.4, 0.5) is 5.69 Å². The summed E-state index contributed by atoms with van der Waals surface area (Å²) < 4.78 is 0. The average molecular weight is 242 g/mol. The minimum absolute atomic E-state index is 0.173. The normalized spacial score (nSPS) is 11.1. The van der Waals surface area contributed by atoms with Gasteiger partial charge in [0.25, 0.3) is 0 Å². The Morgan fingerprint density at radius 1 is 1.39 bits per heavy atom. The fourth-order valence-corrected chi connectivity index (χ4v) is 1.52. The second kappa shape index (κ2) is 6.39. The number of nitriles is 2. The second-order valence-corrected chi connectivity index (χ2v) is 3.81. The third-order valence-corrected chi connectivity index (χ3v) is 2.68. The van der Waals surface area contributed by atoms with Gasteiger partial charge in [0.1, 0.15) is 12.1 Å². The molecule has 18 heavy (non-hydrogen) atoms. The standard InChI is InChI=1S/C13H14N4O/c1-2-9(6-14)13(18)17-12-4-3-10(7-15)11(5-12)8-16/h3-5,9H,2,6,14H2,1H3,(H,17,18). The second-order valence-electron chi connectivity index (χ2n) is 3.81. The van der Waals surface area contributed by atoms with Gasteiger partial charge in [-0.25, -0.2) is 0 Å². The van der Waals surface area contributed by atoms with Crippen molar-refractivity contribution in [1.82, 2.24) is 0 Å². The third kappa shape index (κ3) is 3.07. The van der Waals surface area contributed by atoms with Crippen LogP contribution in [-0.4, -0.2) is 12.5 Å². The first-order chi connectivity index (χ1) is 8.65. The Labute approximate surface area is 106 Å². The van der Waals surface area contributed by atoms with Gasteiger partial charge in [0.15, 0.2) is 0 Å². The number of nitrogens with one attached hydrogen (secondary N) is 1. The van der Waals surface area contributed by atoms with Crippen molar-refractivity contribution >= 4 is 11.6 Å². The molecule has 0 aliphatic carbocycles. The molecule has 1 atom stereocenters. The van der Waals surface area contributed by atoms with Crippen LogP contribution in [0.5, 0.6) is 0 Å². The number of rotatable bonds is 4. The highest BCUT2D eigenvalue weighted by atomic mass is 16.1. The summed E-state index contributed by atoms with van der Waals surface area (Å²) in [6, 6.07) is 8.43. The van der Waals surface area contributed by atoms with E-state index in [1.54, 1.807) is 6.07 Å². The number of benzene rings is 1. The van der Waals surface area contributed by atoms with Gasteiger partial charge in [-0.05, 0) is 24.6 Å². The molecule has 1 aromatic rings. The van der Waals surface area contributed by atoms with Crippen LogP contribution in [0.15, 0.2) is 18.2 Å². The summed E-state index contributed by atoms with van der Waals surface area (Å²) in [7, 11) is 0. The predicted molar refractivity (Wildman–Crippen MR) is 67.3 cm³/mol. The first kappa shape index (κ1) is 13.7. The molecule has 0 spiro atoms. The molecule has 0 aromatic heterocycles. The molecule has 0 saturated heterocycles. The van der Waals surface area contributed by atoms with Crippen LogP contribution in [0.2, 0.25) is 0 Å². The molecule has 92 valence electrons. The molecule has 0 bridgehead atoms. The van der Waals surface area contributed by atoms with Crippen molar-refractivity contribution in [2.24, 2.45) is 11.7 Å². The minimum Gasteiger partial charge on any atom is -0.330 e. The number of nitrogens with zero attached hydrogens (tertiary/aromatic N) is 2. The van der Waals surface area contributed by atoms with Crippen molar-refractivity contribution < 1.29 is 4.79 Å². The van der Waals surface area contributed by atoms with Gasteiger partial charge in [-0.1, -0.05) is 6.92 Å². The molecular formula is C13H14N4O. The smallest absolute Gasteiger partial charge is 0.228 e. The lowest BCUT2D eigenvalue weighted by Gasteiger charge is -2.12. The van der Waals surface area contributed by atoms with Crippen molar-refractivity contribution in [3.63, 3.8) is 0 Å². The SMILES string of the molecule is CCC(CN)C(=O)Nc1ccc(C#N)c(C#N)c1. The van der Waals surface area contributed by atoms with Gasteiger partial charge in [0.05, 0.1) is 17.0 Å². The molecule has 1 unspecified atom stereocenters. The average Bonchev–Trinajstić information content (AvgIpc) is 2.40. The van der Waals surface area contributed by atoms with Crippen molar-refractivity contribution in [3.05, 3.63) is 29.3 Å². The zero-order valence-electron chi connectivity index (χ0n) is 10.1. The van der Waals surface area contributed by atoms with Crippen molar-refractivity contribution in [1.29, 1.82) is 10.5 Å². The van der Waals surface area contributed by atoms with E-state index >= 15 is 0 Å². The third-order valence-electron chi connectivity index (χ3n) is 2.68. The zero-order chi connectivity index (χ0) is 13.5. The van der Waals surface area contributed by atoms with Crippen LogP contribution >= 0.6 is 0 Å². The molecule has 0 radical (unpaired) electrons. The van der Waals surface area contributed by atoms with Gasteiger partial charge in [-0.3, -0.25) is 4.79 Å². The summed E-state index contributed by atoms with van der Waals surface area (Å²) in [6.45, 7) is 2.17. The predicted octanol–water partition coefficient (Wildman–Crippen LogP) is 1.35. The van der Waals surface area contributed by atoms with Crippen LogP contribution in [0.1, 0.15) is 24.5 Å². The van der Waals surface area contributed by atoms with Gasteiger partial charge in [0.2, 0.25) is 5.91 Å². The van der Waals surface area contributed by atoms with E-state index in [4.69, 9.17) is 16.3 Å². The fraction of sp³-hybridized carbons (Fsp3) is 0.308. The lowest BCUT2D eigenvalue weighted by molar-refractivity contribution is -0.119. The minimum atomic E-state index is -0.244. The number of carbonyl (C=O) groups is 1. The van der Waals surface area contributed by atoms with Crippen molar-refractivity contribution in [2.75, 3.05) is 11.9 Å². The van der Waals surface area contributed by atoms with Crippen LogP contribution in [0.3, 0.4) is 0 Å². The Bertz CT molecular complexity index is 521. The summed E-state index contributed by atoms with van der Waals surface area (Å²) in [5, 5.41) is 20.3. The van der Waals surface area contributed by atoms with Gasteiger partial charge in [0, 0.05) is 12.2 Å². The van der Waals surface area contributed by atoms with Crippen LogP contribution in [0, 0.1) is 28.6 Å². The van der Waals surface area contributed by atoms with Gasteiger partial charge in [-0.15, -0.1) is 0 Å². The lowest BCUT2D eigenvalue weighted by atomic mass is 10.1. The Morgan fingerprint density at radius 3 is 2.56 bits per heavy atom. The number of amides is 1. The van der Waals surface area contributed by atoms with Crippen molar-refractivity contribution in [3.8, 4) is 12.1 Å². The number of hydrogen-bond donors (Lipinski definition) is 2. The quantitative estimate of drug-likeness (QED) is 0.831. The Hall–Kier alpha value is -2.37. The van der Waals surface area contributed by atoms with E-state index in [9.17, 15) is 4.79 Å². The van der Waals surface area contributed by atoms with E-state index in [-0.39, 0.29) is 23.9 Å². The zero-order valence-corrected chi connectivity index (χ0v) is 10.1. The topological polar surface area (TPSA) is 103 Å². The summed E-state index contributed by atoms with van der Waals surface area (Å²) >= 11 is 0. The first-order valence-electron chi connectivity index (χ1n) is 5.61. The lowest BCUT2D eigenvalue weighted by Crippen LogP contribution is -2.28. The van der Waals surface area contributed by atoms with E-state index in [2.05, 4.69) is 5.32 Å². The Balaban J connectivity index is 2.91.